The van der Waals surface area contributed by atoms with Gasteiger partial charge in [-0.15, -0.1) is 5.10 Å². The van der Waals surface area contributed by atoms with Crippen molar-refractivity contribution in [2.24, 2.45) is 0 Å². The summed E-state index contributed by atoms with van der Waals surface area (Å²) < 4.78 is 5.42. The van der Waals surface area contributed by atoms with Gasteiger partial charge in [-0.3, -0.25) is 0 Å². The summed E-state index contributed by atoms with van der Waals surface area (Å²) in [6.45, 7) is 11.6. The van der Waals surface area contributed by atoms with Gasteiger partial charge in [-0.2, -0.15) is 10.1 Å². The van der Waals surface area contributed by atoms with E-state index < -0.39 is 0 Å². The molecule has 8 heteroatoms. The summed E-state index contributed by atoms with van der Waals surface area (Å²) in [6, 6.07) is 6.55. The van der Waals surface area contributed by atoms with Gasteiger partial charge in [0.05, 0.1) is 18.9 Å². The Morgan fingerprint density at radius 1 is 0.966 bits per heavy atom. The molecule has 0 amide bonds. The van der Waals surface area contributed by atoms with Crippen LogP contribution in [0.2, 0.25) is 0 Å². The molecule has 0 aromatic carbocycles. The van der Waals surface area contributed by atoms with Crippen molar-refractivity contribution in [3.05, 3.63) is 30.1 Å². The lowest BCUT2D eigenvalue weighted by Gasteiger charge is -2.33. The normalized spacial score (nSPS) is 18.7. The first-order valence-corrected chi connectivity index (χ1v) is 10.5. The Hall–Kier alpha value is -2.48. The van der Waals surface area contributed by atoms with E-state index >= 15 is 0 Å². The molecule has 0 spiro atoms. The van der Waals surface area contributed by atoms with E-state index in [9.17, 15) is 0 Å². The van der Waals surface area contributed by atoms with E-state index in [2.05, 4.69) is 63.2 Å². The van der Waals surface area contributed by atoms with E-state index in [4.69, 9.17) is 9.72 Å². The number of hydrogen-bond acceptors (Lipinski definition) is 8. The molecule has 8 nitrogen and oxygen atoms in total. The second kappa shape index (κ2) is 8.49. The summed E-state index contributed by atoms with van der Waals surface area (Å²) in [5, 5.41) is 12.5. The molecular weight excluding hydrogens is 366 g/mol. The van der Waals surface area contributed by atoms with Gasteiger partial charge in [0.25, 0.3) is 0 Å². The topological polar surface area (TPSA) is 79.3 Å². The Morgan fingerprint density at radius 2 is 1.72 bits per heavy atom. The molecule has 2 aliphatic rings. The second-order valence-corrected chi connectivity index (χ2v) is 8.77. The summed E-state index contributed by atoms with van der Waals surface area (Å²) in [6.07, 6.45) is 3.92. The molecule has 0 saturated carbocycles. The number of anilines is 3. The lowest BCUT2D eigenvalue weighted by atomic mass is 9.92. The van der Waals surface area contributed by atoms with Crippen LogP contribution in [0.1, 0.15) is 39.3 Å². The van der Waals surface area contributed by atoms with Crippen LogP contribution in [0.15, 0.2) is 24.4 Å². The Kier molecular flexibility index (Phi) is 5.80. The number of nitrogens with zero attached hydrogens (tertiary/aromatic N) is 6. The van der Waals surface area contributed by atoms with Crippen LogP contribution in [0.3, 0.4) is 0 Å². The van der Waals surface area contributed by atoms with Crippen LogP contribution in [0.25, 0.3) is 0 Å². The van der Waals surface area contributed by atoms with Crippen LogP contribution < -0.4 is 15.1 Å². The minimum absolute atomic E-state index is 0.0278. The highest BCUT2D eigenvalue weighted by molar-refractivity contribution is 5.43. The van der Waals surface area contributed by atoms with E-state index in [1.807, 2.05) is 12.3 Å². The van der Waals surface area contributed by atoms with Gasteiger partial charge in [0.2, 0.25) is 5.95 Å². The third-order valence-corrected chi connectivity index (χ3v) is 5.53. The van der Waals surface area contributed by atoms with Crippen molar-refractivity contribution in [1.82, 2.24) is 20.2 Å². The fourth-order valence-corrected chi connectivity index (χ4v) is 3.70. The van der Waals surface area contributed by atoms with Crippen molar-refractivity contribution in [1.29, 1.82) is 0 Å². The van der Waals surface area contributed by atoms with E-state index in [-0.39, 0.29) is 5.41 Å². The summed E-state index contributed by atoms with van der Waals surface area (Å²) in [7, 11) is 0. The largest absolute Gasteiger partial charge is 0.378 e. The molecule has 2 fully saturated rings. The van der Waals surface area contributed by atoms with Gasteiger partial charge in [-0.05, 0) is 31.0 Å². The Morgan fingerprint density at radius 3 is 2.38 bits per heavy atom. The molecule has 2 saturated heterocycles. The predicted octanol–water partition coefficient (Wildman–Crippen LogP) is 2.48. The van der Waals surface area contributed by atoms with Gasteiger partial charge in [0.1, 0.15) is 5.82 Å². The van der Waals surface area contributed by atoms with Crippen LogP contribution in [-0.2, 0) is 10.2 Å². The van der Waals surface area contributed by atoms with Crippen LogP contribution in [0.5, 0.6) is 0 Å². The fourth-order valence-electron chi connectivity index (χ4n) is 3.70. The minimum atomic E-state index is 0.0278. The van der Waals surface area contributed by atoms with Crippen LogP contribution >= 0.6 is 0 Å². The molecule has 29 heavy (non-hydrogen) atoms. The summed E-state index contributed by atoms with van der Waals surface area (Å²) in [5.41, 5.74) is 1.05. The molecule has 0 aliphatic carbocycles. The molecule has 0 atom stereocenters. The first-order chi connectivity index (χ1) is 14.0. The molecule has 2 aromatic rings. The maximum Gasteiger partial charge on any atom is 0.227 e. The lowest BCUT2D eigenvalue weighted by molar-refractivity contribution is 0.122. The van der Waals surface area contributed by atoms with Gasteiger partial charge >= 0.3 is 0 Å². The van der Waals surface area contributed by atoms with E-state index in [1.54, 1.807) is 0 Å². The monoisotopic (exact) mass is 397 g/mol. The maximum atomic E-state index is 5.42. The number of piperidine rings is 1. The van der Waals surface area contributed by atoms with Crippen molar-refractivity contribution >= 4 is 17.6 Å². The van der Waals surface area contributed by atoms with Gasteiger partial charge in [-0.25, -0.2) is 4.98 Å². The number of aromatic nitrogens is 4. The predicted molar refractivity (Wildman–Crippen MR) is 115 cm³/mol. The van der Waals surface area contributed by atoms with Crippen LogP contribution in [0, 0.1) is 0 Å². The van der Waals surface area contributed by atoms with Crippen molar-refractivity contribution < 1.29 is 4.74 Å². The van der Waals surface area contributed by atoms with Crippen LogP contribution in [-0.4, -0.2) is 65.6 Å². The lowest BCUT2D eigenvalue weighted by Crippen LogP contribution is -2.40. The number of morpholine rings is 1. The average molecular weight is 398 g/mol. The second-order valence-electron chi connectivity index (χ2n) is 8.77. The highest BCUT2D eigenvalue weighted by atomic mass is 16.5. The minimum Gasteiger partial charge on any atom is -0.378 e. The molecular formula is C21H31N7O. The quantitative estimate of drug-likeness (QED) is 0.843. The van der Waals surface area contributed by atoms with Crippen molar-refractivity contribution in [3.63, 3.8) is 0 Å². The molecule has 4 heterocycles. The SMILES string of the molecule is CC(C)(C)c1ccc(N2CCC(Nc3ccnc(N4CCOCC4)n3)CC2)nn1. The van der Waals surface area contributed by atoms with Gasteiger partial charge in [0, 0.05) is 43.8 Å². The average Bonchev–Trinajstić information content (AvgIpc) is 2.75. The van der Waals surface area contributed by atoms with Crippen molar-refractivity contribution in [2.45, 2.75) is 45.1 Å². The molecule has 4 rings (SSSR count). The van der Waals surface area contributed by atoms with Crippen molar-refractivity contribution in [3.8, 4) is 0 Å². The van der Waals surface area contributed by atoms with E-state index in [1.165, 1.54) is 0 Å². The first kappa shape index (κ1) is 19.8. The summed E-state index contributed by atoms with van der Waals surface area (Å²) in [5.74, 6) is 2.65. The molecule has 2 aromatic heterocycles. The summed E-state index contributed by atoms with van der Waals surface area (Å²) >= 11 is 0. The van der Waals surface area contributed by atoms with E-state index in [0.717, 1.165) is 75.5 Å². The number of ether oxygens (including phenoxy) is 1. The molecule has 156 valence electrons. The zero-order valence-electron chi connectivity index (χ0n) is 17.6. The molecule has 1 N–H and O–H groups in total. The highest BCUT2D eigenvalue weighted by Gasteiger charge is 2.22. The molecule has 0 bridgehead atoms. The zero-order valence-corrected chi connectivity index (χ0v) is 17.6. The maximum absolute atomic E-state index is 5.42. The molecule has 0 radical (unpaired) electrons. The highest BCUT2D eigenvalue weighted by Crippen LogP contribution is 2.23. The van der Waals surface area contributed by atoms with Gasteiger partial charge in [-0.1, -0.05) is 20.8 Å². The van der Waals surface area contributed by atoms with Gasteiger partial charge in [0.15, 0.2) is 5.82 Å². The number of hydrogen-bond donors (Lipinski definition) is 1. The Balaban J connectivity index is 1.32. The fraction of sp³-hybridized carbons (Fsp3) is 0.619. The summed E-state index contributed by atoms with van der Waals surface area (Å²) in [4.78, 5) is 13.6. The molecule has 0 unspecified atom stereocenters. The zero-order chi connectivity index (χ0) is 20.3. The third kappa shape index (κ3) is 4.93. The van der Waals surface area contributed by atoms with E-state index in [0.29, 0.717) is 6.04 Å². The molecule has 2 aliphatic heterocycles. The number of nitrogens with one attached hydrogen (secondary N) is 1. The Bertz CT molecular complexity index is 791. The number of rotatable bonds is 4. The van der Waals surface area contributed by atoms with Crippen molar-refractivity contribution in [2.75, 3.05) is 54.5 Å². The third-order valence-electron chi connectivity index (χ3n) is 5.53. The standard InChI is InChI=1S/C21H31N7O/c1-21(2,3)17-4-5-19(26-25-17)27-10-7-16(8-11-27)23-18-6-9-22-20(24-18)28-12-14-29-15-13-28/h4-6,9,16H,7-8,10-15H2,1-3H3,(H,22,23,24). The Labute approximate surface area is 172 Å². The first-order valence-electron chi connectivity index (χ1n) is 10.5. The van der Waals surface area contributed by atoms with Gasteiger partial charge < -0.3 is 19.9 Å². The van der Waals surface area contributed by atoms with Crippen LogP contribution in [0.4, 0.5) is 17.6 Å². The smallest absolute Gasteiger partial charge is 0.227 e.